The van der Waals surface area contributed by atoms with Gasteiger partial charge in [-0.15, -0.1) is 0 Å². The number of rotatable bonds is 8. The van der Waals surface area contributed by atoms with Crippen molar-refractivity contribution < 1.29 is 4.79 Å². The van der Waals surface area contributed by atoms with Gasteiger partial charge in [0.15, 0.2) is 0 Å². The Hall–Kier alpha value is -2.63. The second-order valence-electron chi connectivity index (χ2n) is 5.61. The van der Waals surface area contributed by atoms with Gasteiger partial charge in [-0.25, -0.2) is 9.78 Å². The van der Waals surface area contributed by atoms with Crippen molar-refractivity contribution in [1.29, 1.82) is 5.26 Å². The monoisotopic (exact) mass is 358 g/mol. The molecule has 0 aliphatic carbocycles. The topological polar surface area (TPSA) is 93.1 Å². The molecule has 2 aromatic heterocycles. The van der Waals surface area contributed by atoms with Crippen LogP contribution in [0.15, 0.2) is 35.2 Å². The number of urea groups is 1. The molecule has 0 bridgehead atoms. The van der Waals surface area contributed by atoms with Crippen LogP contribution in [0.4, 0.5) is 10.6 Å². The molecule has 2 aromatic rings. The second-order valence-corrected chi connectivity index (χ2v) is 6.39. The molecule has 0 saturated heterocycles. The Morgan fingerprint density at radius 2 is 2.20 bits per heavy atom. The Labute approximate surface area is 151 Å². The standard InChI is InChI=1S/C17H22N6OS/c1-23(2)15(14-5-9-25-12-14)11-22-17(24)21-8-7-20-16-13(10-18)4-3-6-19-16/h3-6,9,12,15H,7-8,11H2,1-2H3,(H,19,20)(H2,21,22,24). The molecule has 0 saturated carbocycles. The first-order chi connectivity index (χ1) is 12.1. The first-order valence-electron chi connectivity index (χ1n) is 7.91. The fraction of sp³-hybridized carbons (Fsp3) is 0.353. The number of likely N-dealkylation sites (N-methyl/N-ethyl adjacent to an activating group) is 1. The van der Waals surface area contributed by atoms with Crippen molar-refractivity contribution in [1.82, 2.24) is 20.5 Å². The van der Waals surface area contributed by atoms with E-state index in [1.165, 1.54) is 5.56 Å². The molecule has 0 aliphatic rings. The zero-order valence-electron chi connectivity index (χ0n) is 14.3. The van der Waals surface area contributed by atoms with Crippen LogP contribution in [-0.2, 0) is 0 Å². The van der Waals surface area contributed by atoms with Crippen molar-refractivity contribution >= 4 is 23.2 Å². The molecule has 0 aromatic carbocycles. The summed E-state index contributed by atoms with van der Waals surface area (Å²) in [4.78, 5) is 18.1. The molecule has 0 fully saturated rings. The number of anilines is 1. The third-order valence-corrected chi connectivity index (χ3v) is 4.34. The van der Waals surface area contributed by atoms with Gasteiger partial charge in [0.2, 0.25) is 0 Å². The van der Waals surface area contributed by atoms with E-state index in [4.69, 9.17) is 5.26 Å². The molecule has 0 radical (unpaired) electrons. The maximum absolute atomic E-state index is 11.9. The van der Waals surface area contributed by atoms with Crippen LogP contribution < -0.4 is 16.0 Å². The minimum atomic E-state index is -0.217. The summed E-state index contributed by atoms with van der Waals surface area (Å²) in [6.07, 6.45) is 1.62. The van der Waals surface area contributed by atoms with Crippen molar-refractivity contribution in [3.05, 3.63) is 46.3 Å². The number of carbonyl (C=O) groups excluding carboxylic acids is 1. The van der Waals surface area contributed by atoms with E-state index in [1.54, 1.807) is 29.7 Å². The minimum absolute atomic E-state index is 0.141. The highest BCUT2D eigenvalue weighted by Crippen LogP contribution is 2.19. The molecule has 8 heteroatoms. The van der Waals surface area contributed by atoms with Gasteiger partial charge < -0.3 is 20.9 Å². The third-order valence-electron chi connectivity index (χ3n) is 3.64. The number of hydrogen-bond donors (Lipinski definition) is 3. The summed E-state index contributed by atoms with van der Waals surface area (Å²) in [7, 11) is 3.98. The maximum Gasteiger partial charge on any atom is 0.314 e. The van der Waals surface area contributed by atoms with Gasteiger partial charge in [-0.2, -0.15) is 16.6 Å². The van der Waals surface area contributed by atoms with E-state index < -0.39 is 0 Å². The summed E-state index contributed by atoms with van der Waals surface area (Å²) in [5.41, 5.74) is 1.67. The fourth-order valence-electron chi connectivity index (χ4n) is 2.31. The Balaban J connectivity index is 1.71. The Bertz CT molecular complexity index is 710. The van der Waals surface area contributed by atoms with Crippen LogP contribution in [0.1, 0.15) is 17.2 Å². The van der Waals surface area contributed by atoms with Crippen LogP contribution in [0.5, 0.6) is 0 Å². The normalized spacial score (nSPS) is 11.6. The first kappa shape index (κ1) is 18.7. The van der Waals surface area contributed by atoms with Gasteiger partial charge in [0.25, 0.3) is 0 Å². The quantitative estimate of drug-likeness (QED) is 0.628. The summed E-state index contributed by atoms with van der Waals surface area (Å²) in [5, 5.41) is 21.8. The van der Waals surface area contributed by atoms with Crippen LogP contribution in [-0.4, -0.2) is 49.6 Å². The van der Waals surface area contributed by atoms with Crippen molar-refractivity contribution in [2.24, 2.45) is 0 Å². The molecular weight excluding hydrogens is 336 g/mol. The minimum Gasteiger partial charge on any atom is -0.367 e. The van der Waals surface area contributed by atoms with Gasteiger partial charge in [0.1, 0.15) is 11.9 Å². The summed E-state index contributed by atoms with van der Waals surface area (Å²) in [6.45, 7) is 1.45. The largest absolute Gasteiger partial charge is 0.367 e. The van der Waals surface area contributed by atoms with Crippen LogP contribution in [0.2, 0.25) is 0 Å². The zero-order valence-corrected chi connectivity index (χ0v) is 15.1. The predicted octanol–water partition coefficient (Wildman–Crippen LogP) is 2.03. The molecule has 2 amide bonds. The molecule has 2 rings (SSSR count). The van der Waals surface area contributed by atoms with E-state index in [2.05, 4.69) is 43.3 Å². The molecule has 132 valence electrons. The number of carbonyl (C=O) groups is 1. The SMILES string of the molecule is CN(C)C(CNC(=O)NCCNc1ncccc1C#N)c1ccsc1. The van der Waals surface area contributed by atoms with Crippen LogP contribution in [0.3, 0.4) is 0 Å². The van der Waals surface area contributed by atoms with Crippen molar-refractivity contribution in [3.8, 4) is 6.07 Å². The number of amides is 2. The maximum atomic E-state index is 11.9. The first-order valence-corrected chi connectivity index (χ1v) is 8.85. The number of pyridine rings is 1. The van der Waals surface area contributed by atoms with E-state index in [0.29, 0.717) is 31.0 Å². The van der Waals surface area contributed by atoms with Gasteiger partial charge in [-0.1, -0.05) is 0 Å². The molecule has 25 heavy (non-hydrogen) atoms. The van der Waals surface area contributed by atoms with E-state index in [1.807, 2.05) is 19.5 Å². The van der Waals surface area contributed by atoms with Crippen LogP contribution in [0.25, 0.3) is 0 Å². The summed E-state index contributed by atoms with van der Waals surface area (Å²) >= 11 is 1.65. The lowest BCUT2D eigenvalue weighted by molar-refractivity contribution is 0.233. The highest BCUT2D eigenvalue weighted by atomic mass is 32.1. The number of hydrogen-bond acceptors (Lipinski definition) is 6. The lowest BCUT2D eigenvalue weighted by atomic mass is 10.1. The predicted molar refractivity (Wildman–Crippen MR) is 99.6 cm³/mol. The average molecular weight is 358 g/mol. The van der Waals surface area contributed by atoms with Crippen molar-refractivity contribution in [2.75, 3.05) is 39.0 Å². The van der Waals surface area contributed by atoms with Crippen LogP contribution >= 0.6 is 11.3 Å². The van der Waals surface area contributed by atoms with Crippen molar-refractivity contribution in [2.45, 2.75) is 6.04 Å². The van der Waals surface area contributed by atoms with Gasteiger partial charge >= 0.3 is 6.03 Å². The van der Waals surface area contributed by atoms with Gasteiger partial charge in [-0.05, 0) is 48.6 Å². The van der Waals surface area contributed by atoms with E-state index in [-0.39, 0.29) is 12.1 Å². The number of thiophene rings is 1. The molecule has 7 nitrogen and oxygen atoms in total. The van der Waals surface area contributed by atoms with Crippen LogP contribution in [0, 0.1) is 11.3 Å². The zero-order chi connectivity index (χ0) is 18.1. The summed E-state index contributed by atoms with van der Waals surface area (Å²) in [5.74, 6) is 0.525. The number of nitrogens with zero attached hydrogens (tertiary/aromatic N) is 3. The van der Waals surface area contributed by atoms with Gasteiger partial charge in [0, 0.05) is 25.8 Å². The van der Waals surface area contributed by atoms with E-state index in [0.717, 1.165) is 0 Å². The average Bonchev–Trinajstić information content (AvgIpc) is 3.13. The molecule has 0 aliphatic heterocycles. The molecule has 1 atom stereocenters. The highest BCUT2D eigenvalue weighted by Gasteiger charge is 2.15. The number of nitrogens with one attached hydrogen (secondary N) is 3. The van der Waals surface area contributed by atoms with Gasteiger partial charge in [-0.3, -0.25) is 0 Å². The third kappa shape index (κ3) is 5.74. The second kappa shape index (κ2) is 9.61. The highest BCUT2D eigenvalue weighted by molar-refractivity contribution is 7.07. The van der Waals surface area contributed by atoms with Gasteiger partial charge in [0.05, 0.1) is 11.6 Å². The molecule has 0 spiro atoms. The number of nitriles is 1. The summed E-state index contributed by atoms with van der Waals surface area (Å²) in [6, 6.07) is 7.47. The number of aromatic nitrogens is 1. The lowest BCUT2D eigenvalue weighted by Crippen LogP contribution is -2.41. The Morgan fingerprint density at radius 1 is 1.36 bits per heavy atom. The molecule has 2 heterocycles. The molecule has 3 N–H and O–H groups in total. The Morgan fingerprint density at radius 3 is 2.88 bits per heavy atom. The Kier molecular flexibility index (Phi) is 7.19. The molecular formula is C17H22N6OS. The van der Waals surface area contributed by atoms with E-state index in [9.17, 15) is 4.79 Å². The van der Waals surface area contributed by atoms with E-state index >= 15 is 0 Å². The van der Waals surface area contributed by atoms with Crippen molar-refractivity contribution in [3.63, 3.8) is 0 Å². The molecule has 1 unspecified atom stereocenters. The summed E-state index contributed by atoms with van der Waals surface area (Å²) < 4.78 is 0. The fourth-order valence-corrected chi connectivity index (χ4v) is 3.02. The lowest BCUT2D eigenvalue weighted by Gasteiger charge is -2.24. The smallest absolute Gasteiger partial charge is 0.314 e.